The predicted octanol–water partition coefficient (Wildman–Crippen LogP) is 5.23. The zero-order valence-electron chi connectivity index (χ0n) is 18.4. The van der Waals surface area contributed by atoms with E-state index in [0.717, 1.165) is 58.8 Å². The number of aromatic nitrogens is 1. The van der Waals surface area contributed by atoms with Crippen molar-refractivity contribution in [1.29, 1.82) is 0 Å². The lowest BCUT2D eigenvalue weighted by Crippen LogP contribution is -2.43. The summed E-state index contributed by atoms with van der Waals surface area (Å²) in [5.41, 5.74) is 0.851. The molecule has 0 N–H and O–H groups in total. The molecule has 0 atom stereocenters. The highest BCUT2D eigenvalue weighted by Crippen LogP contribution is 2.32. The Hall–Kier alpha value is -1.55. The highest BCUT2D eigenvalue weighted by atomic mass is 35.5. The van der Waals surface area contributed by atoms with Crippen LogP contribution in [0, 0.1) is 0 Å². The minimum Gasteiger partial charge on any atom is -0.497 e. The normalized spacial score (nSPS) is 14.1. The summed E-state index contributed by atoms with van der Waals surface area (Å²) in [6.07, 6.45) is 0.440. The van der Waals surface area contributed by atoms with Crippen LogP contribution in [0.3, 0.4) is 0 Å². The first-order chi connectivity index (χ1) is 15.6. The van der Waals surface area contributed by atoms with Gasteiger partial charge in [-0.2, -0.15) is 0 Å². The van der Waals surface area contributed by atoms with E-state index in [1.54, 1.807) is 30.2 Å². The Morgan fingerprint density at radius 1 is 1.24 bits per heavy atom. The summed E-state index contributed by atoms with van der Waals surface area (Å²) >= 11 is 9.17. The Labute approximate surface area is 213 Å². The molecule has 10 heteroatoms. The number of methoxy groups -OCH3 is 1. The van der Waals surface area contributed by atoms with Gasteiger partial charge in [0.25, 0.3) is 0 Å². The monoisotopic (exact) mass is 527 g/mol. The Morgan fingerprint density at radius 3 is 2.73 bits per heavy atom. The van der Waals surface area contributed by atoms with Crippen molar-refractivity contribution in [2.24, 2.45) is 0 Å². The van der Waals surface area contributed by atoms with E-state index in [1.807, 2.05) is 47.4 Å². The van der Waals surface area contributed by atoms with Crippen molar-refractivity contribution >= 4 is 68.4 Å². The number of amides is 1. The number of rotatable bonds is 9. The lowest BCUT2D eigenvalue weighted by molar-refractivity contribution is -0.118. The van der Waals surface area contributed by atoms with Gasteiger partial charge in [0.2, 0.25) is 5.91 Å². The molecule has 178 valence electrons. The maximum Gasteiger partial charge on any atom is 0.229 e. The van der Waals surface area contributed by atoms with Crippen LogP contribution in [-0.2, 0) is 9.53 Å². The summed E-state index contributed by atoms with van der Waals surface area (Å²) in [6, 6.07) is 13.5. The molecule has 1 amide bonds. The Morgan fingerprint density at radius 2 is 2.00 bits per heavy atom. The number of carbonyl (C=O) groups is 1. The molecule has 0 unspecified atom stereocenters. The number of morpholine rings is 1. The molecule has 0 bridgehead atoms. The summed E-state index contributed by atoms with van der Waals surface area (Å²) in [6.45, 7) is 4.69. The van der Waals surface area contributed by atoms with Crippen molar-refractivity contribution in [3.63, 3.8) is 0 Å². The Balaban J connectivity index is 0.00000306. The number of fused-ring (bicyclic) bond motifs is 1. The number of anilines is 1. The molecule has 1 aliphatic rings. The maximum absolute atomic E-state index is 13.3. The minimum absolute atomic E-state index is 0. The third kappa shape index (κ3) is 7.21. The van der Waals surface area contributed by atoms with Crippen LogP contribution in [-0.4, -0.2) is 68.0 Å². The number of nitrogens with zero attached hydrogens (tertiary/aromatic N) is 3. The third-order valence-corrected chi connectivity index (χ3v) is 7.58. The lowest BCUT2D eigenvalue weighted by atomic mass is 10.3. The van der Waals surface area contributed by atoms with E-state index < -0.39 is 0 Å². The molecule has 2 aromatic carbocycles. The van der Waals surface area contributed by atoms with E-state index in [0.29, 0.717) is 23.7 Å². The van der Waals surface area contributed by atoms with Gasteiger partial charge < -0.3 is 9.47 Å². The van der Waals surface area contributed by atoms with Gasteiger partial charge in [-0.3, -0.25) is 14.6 Å². The van der Waals surface area contributed by atoms with Gasteiger partial charge in [-0.1, -0.05) is 22.9 Å². The van der Waals surface area contributed by atoms with Gasteiger partial charge in [-0.15, -0.1) is 24.2 Å². The molecule has 4 rings (SSSR count). The maximum atomic E-state index is 13.3. The average molecular weight is 529 g/mol. The van der Waals surface area contributed by atoms with E-state index in [-0.39, 0.29) is 18.3 Å². The summed E-state index contributed by atoms with van der Waals surface area (Å²) in [4.78, 5) is 23.3. The molecule has 0 radical (unpaired) electrons. The number of thiazole rings is 1. The average Bonchev–Trinajstić information content (AvgIpc) is 3.24. The molecular formula is C23H27Cl2N3O3S2. The van der Waals surface area contributed by atoms with E-state index in [4.69, 9.17) is 26.1 Å². The van der Waals surface area contributed by atoms with E-state index in [1.165, 1.54) is 0 Å². The van der Waals surface area contributed by atoms with E-state index in [2.05, 4.69) is 4.90 Å². The third-order valence-electron chi connectivity index (χ3n) is 5.26. The van der Waals surface area contributed by atoms with Crippen LogP contribution < -0.4 is 9.64 Å². The van der Waals surface area contributed by atoms with Crippen LogP contribution in [0.25, 0.3) is 10.2 Å². The minimum atomic E-state index is 0. The second kappa shape index (κ2) is 12.8. The van der Waals surface area contributed by atoms with Crippen molar-refractivity contribution < 1.29 is 14.3 Å². The second-order valence-corrected chi connectivity index (χ2v) is 10.00. The zero-order valence-corrected chi connectivity index (χ0v) is 21.6. The number of thioether (sulfide) groups is 1. The van der Waals surface area contributed by atoms with Crippen molar-refractivity contribution in [1.82, 2.24) is 9.88 Å². The van der Waals surface area contributed by atoms with Crippen molar-refractivity contribution in [3.8, 4) is 5.75 Å². The van der Waals surface area contributed by atoms with Crippen LogP contribution in [0.1, 0.15) is 6.42 Å². The largest absolute Gasteiger partial charge is 0.497 e. The highest BCUT2D eigenvalue weighted by molar-refractivity contribution is 7.99. The van der Waals surface area contributed by atoms with Gasteiger partial charge in [0.1, 0.15) is 5.75 Å². The first-order valence-corrected chi connectivity index (χ1v) is 12.7. The van der Waals surface area contributed by atoms with Crippen LogP contribution in [0.15, 0.2) is 47.4 Å². The molecule has 0 saturated carbocycles. The van der Waals surface area contributed by atoms with Gasteiger partial charge in [0.15, 0.2) is 5.13 Å². The molecule has 1 fully saturated rings. The summed E-state index contributed by atoms with van der Waals surface area (Å²) in [5.74, 6) is 1.55. The van der Waals surface area contributed by atoms with Crippen LogP contribution in [0.2, 0.25) is 5.02 Å². The molecule has 0 spiro atoms. The SMILES string of the molecule is COc1ccc2sc(N(CCN3CCOCC3)C(=O)CCSc3ccc(Cl)cc3)nc2c1.Cl. The van der Waals surface area contributed by atoms with E-state index in [9.17, 15) is 4.79 Å². The van der Waals surface area contributed by atoms with Crippen molar-refractivity contribution in [3.05, 3.63) is 47.5 Å². The topological polar surface area (TPSA) is 54.9 Å². The Bertz CT molecular complexity index is 1040. The first kappa shape index (κ1) is 26.1. The quantitative estimate of drug-likeness (QED) is 0.355. The lowest BCUT2D eigenvalue weighted by Gasteiger charge is -2.29. The fourth-order valence-electron chi connectivity index (χ4n) is 3.45. The number of carbonyl (C=O) groups excluding carboxylic acids is 1. The highest BCUT2D eigenvalue weighted by Gasteiger charge is 2.21. The smallest absolute Gasteiger partial charge is 0.229 e. The van der Waals surface area contributed by atoms with Crippen molar-refractivity contribution in [2.75, 3.05) is 57.2 Å². The van der Waals surface area contributed by atoms with Gasteiger partial charge in [-0.25, -0.2) is 4.98 Å². The van der Waals surface area contributed by atoms with E-state index >= 15 is 0 Å². The summed E-state index contributed by atoms with van der Waals surface area (Å²) in [7, 11) is 1.64. The molecular weight excluding hydrogens is 501 g/mol. The van der Waals surface area contributed by atoms with Gasteiger partial charge in [0.05, 0.1) is 30.5 Å². The summed E-state index contributed by atoms with van der Waals surface area (Å²) < 4.78 is 11.8. The van der Waals surface area contributed by atoms with Crippen molar-refractivity contribution in [2.45, 2.75) is 11.3 Å². The molecule has 33 heavy (non-hydrogen) atoms. The summed E-state index contributed by atoms with van der Waals surface area (Å²) in [5, 5.41) is 1.45. The van der Waals surface area contributed by atoms with Crippen LogP contribution in [0.5, 0.6) is 5.75 Å². The number of ether oxygens (including phenoxy) is 2. The number of halogens is 2. The molecule has 1 aromatic heterocycles. The standard InChI is InChI=1S/C23H26ClN3O3S2.ClH/c1-29-18-4-7-21-20(16-18)25-23(32-21)27(10-9-26-11-13-30-14-12-26)22(28)8-15-31-19-5-2-17(24)3-6-19;/h2-7,16H,8-15H2,1H3;1H. The number of hydrogen-bond donors (Lipinski definition) is 0. The number of hydrogen-bond acceptors (Lipinski definition) is 7. The first-order valence-electron chi connectivity index (χ1n) is 10.6. The Kier molecular flexibility index (Phi) is 10.1. The molecule has 1 aliphatic heterocycles. The van der Waals surface area contributed by atoms with Crippen LogP contribution >= 0.6 is 47.1 Å². The molecule has 1 saturated heterocycles. The molecule has 2 heterocycles. The fourth-order valence-corrected chi connectivity index (χ4v) is 5.41. The zero-order chi connectivity index (χ0) is 22.3. The fraction of sp³-hybridized carbons (Fsp3) is 0.391. The molecule has 0 aliphatic carbocycles. The predicted molar refractivity (Wildman–Crippen MR) is 140 cm³/mol. The molecule has 3 aromatic rings. The van der Waals surface area contributed by atoms with Gasteiger partial charge in [-0.05, 0) is 36.4 Å². The van der Waals surface area contributed by atoms with Gasteiger partial charge >= 0.3 is 0 Å². The van der Waals surface area contributed by atoms with Gasteiger partial charge in [0, 0.05) is 54.3 Å². The number of benzene rings is 2. The van der Waals surface area contributed by atoms with Crippen LogP contribution in [0.4, 0.5) is 5.13 Å². The second-order valence-electron chi connectivity index (χ2n) is 7.38. The molecule has 6 nitrogen and oxygen atoms in total.